The van der Waals surface area contributed by atoms with Gasteiger partial charge in [-0.1, -0.05) is 36.8 Å². The fourth-order valence-corrected chi connectivity index (χ4v) is 4.55. The molecule has 2 N–H and O–H groups in total. The highest BCUT2D eigenvalue weighted by atomic mass is 32.2. The van der Waals surface area contributed by atoms with Crippen molar-refractivity contribution in [3.8, 4) is 11.3 Å². The molecular weight excluding hydrogens is 497 g/mol. The summed E-state index contributed by atoms with van der Waals surface area (Å²) in [5.41, 5.74) is -0.599. The monoisotopic (exact) mass is 520 g/mol. The minimum atomic E-state index is -4.69. The zero-order valence-electron chi connectivity index (χ0n) is 19.2. The van der Waals surface area contributed by atoms with Crippen LogP contribution in [0.15, 0.2) is 59.6 Å². The van der Waals surface area contributed by atoms with Gasteiger partial charge in [0.2, 0.25) is 0 Å². The predicted molar refractivity (Wildman–Crippen MR) is 126 cm³/mol. The number of carbonyl (C=O) groups excluding carboxylic acids is 1. The Bertz CT molecular complexity index is 1380. The van der Waals surface area contributed by atoms with Gasteiger partial charge in [-0.3, -0.25) is 9.52 Å². The Hall–Kier alpha value is -3.67. The molecule has 0 bridgehead atoms. The number of rotatable bonds is 8. The highest BCUT2D eigenvalue weighted by molar-refractivity contribution is 7.92. The Kier molecular flexibility index (Phi) is 7.16. The van der Waals surface area contributed by atoms with Crippen molar-refractivity contribution in [1.82, 2.24) is 9.97 Å². The van der Waals surface area contributed by atoms with Crippen molar-refractivity contribution in [2.75, 3.05) is 16.8 Å². The smallest absolute Gasteiger partial charge is 0.418 e. The van der Waals surface area contributed by atoms with Crippen LogP contribution in [0.2, 0.25) is 0 Å². The molecule has 12 heteroatoms. The number of aromatic nitrogens is 2. The van der Waals surface area contributed by atoms with Gasteiger partial charge in [0.05, 0.1) is 17.2 Å². The number of hydrogen-bond donors (Lipinski definition) is 2. The molecule has 1 saturated carbocycles. The Labute approximate surface area is 206 Å². The lowest BCUT2D eigenvalue weighted by Gasteiger charge is -2.23. The number of halogens is 3. The van der Waals surface area contributed by atoms with Gasteiger partial charge in [0, 0.05) is 5.56 Å². The number of esters is 1. The van der Waals surface area contributed by atoms with Crippen LogP contribution in [0.4, 0.5) is 24.8 Å². The molecule has 0 saturated heterocycles. The van der Waals surface area contributed by atoms with E-state index in [1.54, 1.807) is 25.1 Å². The molecule has 2 aromatic heterocycles. The van der Waals surface area contributed by atoms with Crippen LogP contribution in [-0.2, 0) is 25.7 Å². The number of nitrogens with zero attached hydrogens (tertiary/aromatic N) is 2. The second-order valence-electron chi connectivity index (χ2n) is 8.28. The number of pyridine rings is 2. The Balaban J connectivity index is 1.54. The van der Waals surface area contributed by atoms with Gasteiger partial charge in [-0.25, -0.2) is 9.97 Å². The van der Waals surface area contributed by atoms with E-state index in [1.165, 1.54) is 24.3 Å². The maximum atomic E-state index is 13.6. The first-order valence-corrected chi connectivity index (χ1v) is 12.6. The number of nitrogens with one attached hydrogen (secondary N) is 2. The molecular formula is C24H23F3N4O4S. The second-order valence-corrected chi connectivity index (χ2v) is 9.91. The van der Waals surface area contributed by atoms with Crippen LogP contribution in [0.5, 0.6) is 0 Å². The molecule has 8 nitrogen and oxygen atoms in total. The molecule has 1 aromatic carbocycles. The molecule has 3 aromatic rings. The number of hydrogen-bond acceptors (Lipinski definition) is 7. The fraction of sp³-hybridized carbons (Fsp3) is 0.292. The molecule has 1 aliphatic rings. The summed E-state index contributed by atoms with van der Waals surface area (Å²) in [5.74, 6) is -0.579. The highest BCUT2D eigenvalue weighted by Crippen LogP contribution is 2.38. The number of ether oxygens (including phenoxy) is 1. The average Bonchev–Trinajstić information content (AvgIpc) is 2.77. The third-order valence-electron chi connectivity index (χ3n) is 5.74. The zero-order chi connectivity index (χ0) is 25.9. The predicted octanol–water partition coefficient (Wildman–Crippen LogP) is 4.98. The maximum Gasteiger partial charge on any atom is 0.418 e. The van der Waals surface area contributed by atoms with E-state index in [2.05, 4.69) is 20.0 Å². The Morgan fingerprint density at radius 1 is 1.03 bits per heavy atom. The molecule has 0 radical (unpaired) electrons. The van der Waals surface area contributed by atoms with E-state index in [4.69, 9.17) is 4.74 Å². The van der Waals surface area contributed by atoms with E-state index in [0.29, 0.717) is 5.56 Å². The first-order valence-electron chi connectivity index (χ1n) is 11.1. The van der Waals surface area contributed by atoms with Crippen molar-refractivity contribution < 1.29 is 31.1 Å². The fourth-order valence-electron chi connectivity index (χ4n) is 3.58. The minimum Gasteiger partial charge on any atom is -0.444 e. The maximum absolute atomic E-state index is 13.6. The van der Waals surface area contributed by atoms with Crippen LogP contribution >= 0.6 is 0 Å². The number of aryl methyl sites for hydroxylation is 1. The molecule has 0 aliphatic heterocycles. The van der Waals surface area contributed by atoms with Crippen LogP contribution < -0.4 is 10.0 Å². The van der Waals surface area contributed by atoms with Crippen LogP contribution in [0.25, 0.3) is 11.3 Å². The van der Waals surface area contributed by atoms with E-state index < -0.39 is 32.5 Å². The van der Waals surface area contributed by atoms with E-state index >= 15 is 0 Å². The molecule has 0 atom stereocenters. The second kappa shape index (κ2) is 10.1. The summed E-state index contributed by atoms with van der Waals surface area (Å²) in [4.78, 5) is 19.8. The van der Waals surface area contributed by atoms with Gasteiger partial charge in [0.25, 0.3) is 10.0 Å². The average molecular weight is 521 g/mol. The standard InChI is InChI=1S/C24H23F3N4O4S/c1-15-6-2-3-9-17(15)22-18(24(25,26)27)12-13-20(30-22)31-36(33,34)21-11-5-10-19(29-21)28-14-35-23(32)16-7-4-8-16/h2-3,5-6,9-13,16H,4,7-8,14H2,1H3,(H,28,29)(H,30,31). The first-order chi connectivity index (χ1) is 17.0. The summed E-state index contributed by atoms with van der Waals surface area (Å²) in [6.07, 6.45) is -2.12. The largest absolute Gasteiger partial charge is 0.444 e. The van der Waals surface area contributed by atoms with Crippen molar-refractivity contribution in [2.24, 2.45) is 5.92 Å². The van der Waals surface area contributed by atoms with E-state index in [0.717, 1.165) is 31.4 Å². The van der Waals surface area contributed by atoms with Crippen molar-refractivity contribution >= 4 is 27.6 Å². The SMILES string of the molecule is Cc1ccccc1-c1nc(NS(=O)(=O)c2cccc(NCOC(=O)C3CCC3)n2)ccc1C(F)(F)F. The summed E-state index contributed by atoms with van der Waals surface area (Å²) in [6.45, 7) is 1.46. The molecule has 0 unspecified atom stereocenters. The lowest BCUT2D eigenvalue weighted by atomic mass is 9.86. The van der Waals surface area contributed by atoms with E-state index in [-0.39, 0.29) is 35.8 Å². The third kappa shape index (κ3) is 5.76. The molecule has 0 spiro atoms. The van der Waals surface area contributed by atoms with Gasteiger partial charge < -0.3 is 10.1 Å². The highest BCUT2D eigenvalue weighted by Gasteiger charge is 2.35. The van der Waals surface area contributed by atoms with Gasteiger partial charge in [0.1, 0.15) is 11.6 Å². The van der Waals surface area contributed by atoms with E-state index in [9.17, 15) is 26.4 Å². The van der Waals surface area contributed by atoms with Crippen molar-refractivity contribution in [1.29, 1.82) is 0 Å². The number of sulfonamides is 1. The number of carbonyl (C=O) groups is 1. The normalized spacial score (nSPS) is 14.1. The quantitative estimate of drug-likeness (QED) is 0.318. The van der Waals surface area contributed by atoms with Gasteiger partial charge in [-0.05, 0) is 49.6 Å². The van der Waals surface area contributed by atoms with Gasteiger partial charge in [-0.2, -0.15) is 21.6 Å². The van der Waals surface area contributed by atoms with Gasteiger partial charge in [0.15, 0.2) is 11.8 Å². The van der Waals surface area contributed by atoms with Crippen LogP contribution in [-0.4, -0.2) is 31.1 Å². The van der Waals surface area contributed by atoms with Crippen LogP contribution in [0.3, 0.4) is 0 Å². The van der Waals surface area contributed by atoms with E-state index in [1.807, 2.05) is 0 Å². The molecule has 0 amide bonds. The topological polar surface area (TPSA) is 110 Å². The molecule has 36 heavy (non-hydrogen) atoms. The summed E-state index contributed by atoms with van der Waals surface area (Å²) < 4.78 is 74.1. The van der Waals surface area contributed by atoms with Crippen molar-refractivity contribution in [3.05, 3.63) is 65.7 Å². The van der Waals surface area contributed by atoms with Gasteiger partial charge in [-0.15, -0.1) is 0 Å². The molecule has 2 heterocycles. The number of alkyl halides is 3. The van der Waals surface area contributed by atoms with Crippen molar-refractivity contribution in [2.45, 2.75) is 37.4 Å². The van der Waals surface area contributed by atoms with Gasteiger partial charge >= 0.3 is 12.1 Å². The van der Waals surface area contributed by atoms with Crippen LogP contribution in [0, 0.1) is 12.8 Å². The molecule has 1 aliphatic carbocycles. The lowest BCUT2D eigenvalue weighted by Crippen LogP contribution is -2.26. The zero-order valence-corrected chi connectivity index (χ0v) is 20.0. The third-order valence-corrected chi connectivity index (χ3v) is 7.00. The Morgan fingerprint density at radius 2 is 1.78 bits per heavy atom. The minimum absolute atomic E-state index is 0.100. The summed E-state index contributed by atoms with van der Waals surface area (Å²) in [5, 5.41) is 2.34. The summed E-state index contributed by atoms with van der Waals surface area (Å²) in [7, 11) is -4.30. The van der Waals surface area contributed by atoms with Crippen molar-refractivity contribution in [3.63, 3.8) is 0 Å². The summed E-state index contributed by atoms with van der Waals surface area (Å²) >= 11 is 0. The van der Waals surface area contributed by atoms with Crippen LogP contribution in [0.1, 0.15) is 30.4 Å². The summed E-state index contributed by atoms with van der Waals surface area (Å²) in [6, 6.07) is 12.3. The molecule has 190 valence electrons. The molecule has 1 fully saturated rings. The Morgan fingerprint density at radius 3 is 2.44 bits per heavy atom. The number of benzene rings is 1. The first kappa shape index (κ1) is 25.4. The lowest BCUT2D eigenvalue weighted by molar-refractivity contribution is -0.150. The number of anilines is 2. The molecule has 4 rings (SSSR count).